The van der Waals surface area contributed by atoms with Crippen LogP contribution in [0.15, 0.2) is 22.7 Å². The molecule has 1 fully saturated rings. The van der Waals surface area contributed by atoms with Gasteiger partial charge in [0.25, 0.3) is 0 Å². The Balaban J connectivity index is 1.77. The highest BCUT2D eigenvalue weighted by atomic mass is 79.9. The van der Waals surface area contributed by atoms with E-state index in [0.29, 0.717) is 26.2 Å². The van der Waals surface area contributed by atoms with Crippen LogP contribution in [-0.4, -0.2) is 44.4 Å². The number of hydrogen-bond acceptors (Lipinski definition) is 3. The van der Waals surface area contributed by atoms with E-state index in [1.807, 2.05) is 18.2 Å². The molecule has 1 atom stereocenters. The van der Waals surface area contributed by atoms with Crippen LogP contribution in [0, 0.1) is 5.92 Å². The van der Waals surface area contributed by atoms with E-state index < -0.39 is 12.7 Å². The number of rotatable bonds is 6. The molecular formula is C15H20BrF3N2O. The summed E-state index contributed by atoms with van der Waals surface area (Å²) >= 11 is 3.42. The van der Waals surface area contributed by atoms with Crippen molar-refractivity contribution in [1.29, 1.82) is 0 Å². The molecule has 0 aromatic heterocycles. The van der Waals surface area contributed by atoms with Crippen LogP contribution in [0.25, 0.3) is 0 Å². The van der Waals surface area contributed by atoms with E-state index in [1.54, 1.807) is 7.11 Å². The summed E-state index contributed by atoms with van der Waals surface area (Å²) < 4.78 is 43.3. The molecule has 124 valence electrons. The van der Waals surface area contributed by atoms with Crippen LogP contribution in [-0.2, 0) is 6.54 Å². The number of alkyl halides is 3. The van der Waals surface area contributed by atoms with Crippen molar-refractivity contribution in [3.8, 4) is 5.75 Å². The molecule has 1 aromatic carbocycles. The Morgan fingerprint density at radius 2 is 2.18 bits per heavy atom. The summed E-state index contributed by atoms with van der Waals surface area (Å²) in [6.07, 6.45) is -3.30. The lowest BCUT2D eigenvalue weighted by atomic mass is 10.1. The first-order valence-electron chi connectivity index (χ1n) is 7.19. The summed E-state index contributed by atoms with van der Waals surface area (Å²) in [5.74, 6) is 1.07. The van der Waals surface area contributed by atoms with E-state index in [4.69, 9.17) is 4.74 Å². The molecule has 1 heterocycles. The molecule has 0 radical (unpaired) electrons. The standard InChI is InChI=1S/C15H20BrF3N2O/c1-22-14-3-2-13(16)6-12(14)8-20-7-11-4-5-21(9-11)10-15(17,18)19/h2-3,6,11,20H,4-5,7-10H2,1H3. The first kappa shape index (κ1) is 17.6. The van der Waals surface area contributed by atoms with Gasteiger partial charge in [0.15, 0.2) is 0 Å². The lowest BCUT2D eigenvalue weighted by Gasteiger charge is -2.18. The SMILES string of the molecule is COc1ccc(Br)cc1CNCC1CCN(CC(F)(F)F)C1. The molecule has 1 unspecified atom stereocenters. The van der Waals surface area contributed by atoms with Crippen molar-refractivity contribution >= 4 is 15.9 Å². The summed E-state index contributed by atoms with van der Waals surface area (Å²) in [5.41, 5.74) is 1.03. The molecule has 1 aliphatic rings. The summed E-state index contributed by atoms with van der Waals surface area (Å²) in [7, 11) is 1.62. The minimum Gasteiger partial charge on any atom is -0.496 e. The Hall–Kier alpha value is -0.790. The zero-order valence-electron chi connectivity index (χ0n) is 12.4. The molecule has 3 nitrogen and oxygen atoms in total. The van der Waals surface area contributed by atoms with Crippen molar-refractivity contribution in [3.05, 3.63) is 28.2 Å². The van der Waals surface area contributed by atoms with Gasteiger partial charge in [-0.15, -0.1) is 0 Å². The van der Waals surface area contributed by atoms with Crippen molar-refractivity contribution in [3.63, 3.8) is 0 Å². The second-order valence-electron chi connectivity index (χ2n) is 5.59. The van der Waals surface area contributed by atoms with Crippen LogP contribution >= 0.6 is 15.9 Å². The van der Waals surface area contributed by atoms with Crippen LogP contribution < -0.4 is 10.1 Å². The predicted octanol–water partition coefficient (Wildman–Crippen LogP) is 3.43. The van der Waals surface area contributed by atoms with E-state index in [0.717, 1.165) is 22.2 Å². The van der Waals surface area contributed by atoms with Crippen LogP contribution in [0.4, 0.5) is 13.2 Å². The van der Waals surface area contributed by atoms with Gasteiger partial charge in [0.05, 0.1) is 13.7 Å². The maximum Gasteiger partial charge on any atom is 0.401 e. The number of ether oxygens (including phenoxy) is 1. The topological polar surface area (TPSA) is 24.5 Å². The molecule has 1 N–H and O–H groups in total. The van der Waals surface area contributed by atoms with Gasteiger partial charge in [0, 0.05) is 23.1 Å². The Labute approximate surface area is 136 Å². The minimum atomic E-state index is -4.11. The number of methoxy groups -OCH3 is 1. The fourth-order valence-corrected chi connectivity index (χ4v) is 3.18. The summed E-state index contributed by atoms with van der Waals surface area (Å²) in [6.45, 7) is 1.57. The number of hydrogen-bond donors (Lipinski definition) is 1. The van der Waals surface area contributed by atoms with Crippen LogP contribution in [0.2, 0.25) is 0 Å². The van der Waals surface area contributed by atoms with Gasteiger partial charge in [0.1, 0.15) is 5.75 Å². The Morgan fingerprint density at radius 3 is 2.86 bits per heavy atom. The Kier molecular flexibility index (Phi) is 6.11. The quantitative estimate of drug-likeness (QED) is 0.817. The second kappa shape index (κ2) is 7.66. The van der Waals surface area contributed by atoms with E-state index >= 15 is 0 Å². The largest absolute Gasteiger partial charge is 0.496 e. The molecule has 22 heavy (non-hydrogen) atoms. The van der Waals surface area contributed by atoms with Crippen molar-refractivity contribution < 1.29 is 17.9 Å². The summed E-state index contributed by atoms with van der Waals surface area (Å²) in [6, 6.07) is 5.78. The molecule has 1 aromatic rings. The van der Waals surface area contributed by atoms with Gasteiger partial charge in [-0.2, -0.15) is 13.2 Å². The number of halogens is 4. The number of benzene rings is 1. The molecule has 0 saturated carbocycles. The van der Waals surface area contributed by atoms with Crippen molar-refractivity contribution in [1.82, 2.24) is 10.2 Å². The monoisotopic (exact) mass is 380 g/mol. The van der Waals surface area contributed by atoms with Crippen molar-refractivity contribution in [2.45, 2.75) is 19.1 Å². The lowest BCUT2D eigenvalue weighted by molar-refractivity contribution is -0.143. The number of nitrogens with one attached hydrogen (secondary N) is 1. The van der Waals surface area contributed by atoms with Crippen molar-refractivity contribution in [2.75, 3.05) is 33.3 Å². The van der Waals surface area contributed by atoms with Crippen molar-refractivity contribution in [2.24, 2.45) is 5.92 Å². The van der Waals surface area contributed by atoms with E-state index in [-0.39, 0.29) is 5.92 Å². The van der Waals surface area contributed by atoms with Gasteiger partial charge in [-0.3, -0.25) is 4.90 Å². The van der Waals surface area contributed by atoms with Crippen LogP contribution in [0.5, 0.6) is 5.75 Å². The molecule has 2 rings (SSSR count). The van der Waals surface area contributed by atoms with Gasteiger partial charge < -0.3 is 10.1 Å². The second-order valence-corrected chi connectivity index (χ2v) is 6.51. The third-order valence-corrected chi connectivity index (χ3v) is 4.26. The minimum absolute atomic E-state index is 0.264. The van der Waals surface area contributed by atoms with Crippen LogP contribution in [0.3, 0.4) is 0 Å². The molecule has 1 saturated heterocycles. The number of nitrogens with zero attached hydrogens (tertiary/aromatic N) is 1. The molecular weight excluding hydrogens is 361 g/mol. The Bertz CT molecular complexity index is 496. The van der Waals surface area contributed by atoms with Gasteiger partial charge in [0.2, 0.25) is 0 Å². The van der Waals surface area contributed by atoms with E-state index in [2.05, 4.69) is 21.2 Å². The smallest absolute Gasteiger partial charge is 0.401 e. The highest BCUT2D eigenvalue weighted by Crippen LogP contribution is 2.24. The average Bonchev–Trinajstić information content (AvgIpc) is 2.84. The lowest BCUT2D eigenvalue weighted by Crippen LogP contribution is -2.33. The fraction of sp³-hybridized carbons (Fsp3) is 0.600. The summed E-state index contributed by atoms with van der Waals surface area (Å²) in [4.78, 5) is 1.48. The fourth-order valence-electron chi connectivity index (χ4n) is 2.77. The zero-order valence-corrected chi connectivity index (χ0v) is 14.0. The van der Waals surface area contributed by atoms with Gasteiger partial charge in [-0.1, -0.05) is 15.9 Å². The van der Waals surface area contributed by atoms with E-state index in [1.165, 1.54) is 4.90 Å². The zero-order chi connectivity index (χ0) is 16.2. The molecule has 1 aliphatic heterocycles. The highest BCUT2D eigenvalue weighted by Gasteiger charge is 2.34. The molecule has 0 spiro atoms. The first-order valence-corrected chi connectivity index (χ1v) is 7.99. The molecule has 0 amide bonds. The third-order valence-electron chi connectivity index (χ3n) is 3.76. The normalized spacial score (nSPS) is 19.6. The maximum absolute atomic E-state index is 12.4. The van der Waals surface area contributed by atoms with Gasteiger partial charge in [-0.05, 0) is 43.6 Å². The molecule has 7 heteroatoms. The van der Waals surface area contributed by atoms with E-state index in [9.17, 15) is 13.2 Å². The third kappa shape index (κ3) is 5.44. The summed E-state index contributed by atoms with van der Waals surface area (Å²) in [5, 5.41) is 3.32. The van der Waals surface area contributed by atoms with Crippen LogP contribution in [0.1, 0.15) is 12.0 Å². The molecule has 0 aliphatic carbocycles. The van der Waals surface area contributed by atoms with Gasteiger partial charge in [-0.25, -0.2) is 0 Å². The highest BCUT2D eigenvalue weighted by molar-refractivity contribution is 9.10. The average molecular weight is 381 g/mol. The maximum atomic E-state index is 12.4. The predicted molar refractivity (Wildman–Crippen MR) is 83.0 cm³/mol. The first-order chi connectivity index (χ1) is 10.4. The van der Waals surface area contributed by atoms with Gasteiger partial charge >= 0.3 is 6.18 Å². The Morgan fingerprint density at radius 1 is 1.41 bits per heavy atom. The number of likely N-dealkylation sites (tertiary alicyclic amines) is 1. The molecule has 0 bridgehead atoms.